The van der Waals surface area contributed by atoms with Crippen LogP contribution in [0.4, 0.5) is 20.5 Å². The Bertz CT molecular complexity index is 1300. The van der Waals surface area contributed by atoms with Crippen molar-refractivity contribution >= 4 is 28.3 Å². The van der Waals surface area contributed by atoms with Gasteiger partial charge in [0.15, 0.2) is 11.5 Å². The minimum Gasteiger partial charge on any atom is -0.371 e. The largest absolute Gasteiger partial charge is 0.371 e. The summed E-state index contributed by atoms with van der Waals surface area (Å²) < 4.78 is 30.6. The molecule has 1 aliphatic heterocycles. The summed E-state index contributed by atoms with van der Waals surface area (Å²) in [4.78, 5) is 15.2. The van der Waals surface area contributed by atoms with Crippen LogP contribution in [0.5, 0.6) is 0 Å². The highest BCUT2D eigenvalue weighted by atomic mass is 19.3. The minimum absolute atomic E-state index is 0.155. The Balaban J connectivity index is 1.54. The maximum absolute atomic E-state index is 14.5. The lowest BCUT2D eigenvalue weighted by Gasteiger charge is -2.36. The Morgan fingerprint density at radius 3 is 2.78 bits per heavy atom. The number of alkyl halides is 2. The number of hydrogen-bond acceptors (Lipinski definition) is 7. The summed E-state index contributed by atoms with van der Waals surface area (Å²) in [6.45, 7) is 2.32. The molecule has 4 aromatic heterocycles. The molecule has 0 bridgehead atoms. The van der Waals surface area contributed by atoms with Gasteiger partial charge in [-0.3, -0.25) is 0 Å². The van der Waals surface area contributed by atoms with E-state index < -0.39 is 12.0 Å². The van der Waals surface area contributed by atoms with E-state index in [9.17, 15) is 8.78 Å². The van der Waals surface area contributed by atoms with Gasteiger partial charge in [0.2, 0.25) is 5.95 Å². The molecule has 2 N–H and O–H groups in total. The molecule has 0 spiro atoms. The number of anilines is 2. The van der Waals surface area contributed by atoms with Gasteiger partial charge < -0.3 is 15.5 Å². The second kappa shape index (κ2) is 7.63. The number of rotatable bonds is 4. The lowest BCUT2D eigenvalue weighted by atomic mass is 10.0. The molecule has 0 amide bonds. The van der Waals surface area contributed by atoms with Crippen molar-refractivity contribution in [2.24, 2.45) is 0 Å². The molecule has 0 aromatic carbocycles. The number of halogens is 2. The first kappa shape index (κ1) is 20.5. The van der Waals surface area contributed by atoms with Crippen LogP contribution in [-0.4, -0.2) is 68.6 Å². The van der Waals surface area contributed by atoms with Crippen molar-refractivity contribution in [3.05, 3.63) is 42.2 Å². The van der Waals surface area contributed by atoms with Crippen LogP contribution in [0.2, 0.25) is 0 Å². The van der Waals surface area contributed by atoms with Crippen LogP contribution >= 0.6 is 0 Å². The van der Waals surface area contributed by atoms with E-state index in [0.717, 1.165) is 22.2 Å². The van der Waals surface area contributed by atoms with Gasteiger partial charge in [-0.25, -0.2) is 23.3 Å². The SMILES string of the molecule is CNc1nc(N[C@H]2CCN(C)CC2(F)F)nn2ccc(-c3ccc4c(C)ccnc4n3)c12. The summed E-state index contributed by atoms with van der Waals surface area (Å²) in [5.41, 5.74) is 4.05. The highest BCUT2D eigenvalue weighted by Crippen LogP contribution is 2.32. The van der Waals surface area contributed by atoms with Crippen molar-refractivity contribution in [3.63, 3.8) is 0 Å². The number of piperidine rings is 1. The monoisotopic (exact) mass is 438 g/mol. The molecule has 5 rings (SSSR count). The Labute approximate surface area is 183 Å². The van der Waals surface area contributed by atoms with Gasteiger partial charge in [-0.2, -0.15) is 4.98 Å². The van der Waals surface area contributed by atoms with Gasteiger partial charge in [-0.15, -0.1) is 5.10 Å². The van der Waals surface area contributed by atoms with Crippen LogP contribution in [0.1, 0.15) is 12.0 Å². The lowest BCUT2D eigenvalue weighted by Crippen LogP contribution is -2.53. The van der Waals surface area contributed by atoms with E-state index in [4.69, 9.17) is 4.98 Å². The van der Waals surface area contributed by atoms with Crippen molar-refractivity contribution in [3.8, 4) is 11.3 Å². The predicted molar refractivity (Wildman–Crippen MR) is 120 cm³/mol. The van der Waals surface area contributed by atoms with Crippen LogP contribution in [-0.2, 0) is 0 Å². The van der Waals surface area contributed by atoms with Crippen molar-refractivity contribution < 1.29 is 8.78 Å². The van der Waals surface area contributed by atoms with Gasteiger partial charge in [-0.1, -0.05) is 0 Å². The summed E-state index contributed by atoms with van der Waals surface area (Å²) in [5, 5.41) is 11.4. The number of aryl methyl sites for hydroxylation is 1. The molecule has 32 heavy (non-hydrogen) atoms. The van der Waals surface area contributed by atoms with E-state index in [-0.39, 0.29) is 12.5 Å². The summed E-state index contributed by atoms with van der Waals surface area (Å²) >= 11 is 0. The number of nitrogens with zero attached hydrogens (tertiary/aromatic N) is 6. The first-order valence-electron chi connectivity index (χ1n) is 10.5. The molecule has 0 saturated carbocycles. The normalized spacial score (nSPS) is 18.8. The molecule has 1 fully saturated rings. The number of fused-ring (bicyclic) bond motifs is 2. The number of aromatic nitrogens is 5. The molecule has 8 nitrogen and oxygen atoms in total. The van der Waals surface area contributed by atoms with Crippen molar-refractivity contribution in [1.82, 2.24) is 29.5 Å². The second-order valence-corrected chi connectivity index (χ2v) is 8.24. The zero-order valence-corrected chi connectivity index (χ0v) is 18.1. The van der Waals surface area contributed by atoms with Gasteiger partial charge in [0.25, 0.3) is 5.92 Å². The molecule has 1 saturated heterocycles. The zero-order valence-electron chi connectivity index (χ0n) is 18.1. The van der Waals surface area contributed by atoms with Crippen LogP contribution in [0, 0.1) is 6.92 Å². The topological polar surface area (TPSA) is 83.3 Å². The maximum Gasteiger partial charge on any atom is 0.280 e. The number of pyridine rings is 2. The molecule has 1 atom stereocenters. The maximum atomic E-state index is 14.5. The molecular weight excluding hydrogens is 414 g/mol. The Morgan fingerprint density at radius 2 is 2.00 bits per heavy atom. The summed E-state index contributed by atoms with van der Waals surface area (Å²) in [5.74, 6) is -2.19. The quantitative estimate of drug-likeness (QED) is 0.505. The van der Waals surface area contributed by atoms with Gasteiger partial charge in [-0.05, 0) is 50.2 Å². The van der Waals surface area contributed by atoms with E-state index >= 15 is 0 Å². The van der Waals surface area contributed by atoms with Crippen molar-refractivity contribution in [2.45, 2.75) is 25.3 Å². The van der Waals surface area contributed by atoms with E-state index in [0.29, 0.717) is 29.9 Å². The molecule has 5 heterocycles. The fraction of sp³-hybridized carbons (Fsp3) is 0.364. The third kappa shape index (κ3) is 3.50. The number of likely N-dealkylation sites (tertiary alicyclic amines) is 1. The summed E-state index contributed by atoms with van der Waals surface area (Å²) in [6.07, 6.45) is 3.83. The third-order valence-corrected chi connectivity index (χ3v) is 5.94. The molecule has 0 aliphatic carbocycles. The molecule has 10 heteroatoms. The summed E-state index contributed by atoms with van der Waals surface area (Å²) in [7, 11) is 3.44. The van der Waals surface area contributed by atoms with Crippen molar-refractivity contribution in [2.75, 3.05) is 37.8 Å². The zero-order chi connectivity index (χ0) is 22.5. The average Bonchev–Trinajstić information content (AvgIpc) is 3.19. The Morgan fingerprint density at radius 1 is 1.16 bits per heavy atom. The first-order chi connectivity index (χ1) is 15.4. The Kier molecular flexibility index (Phi) is 4.89. The highest BCUT2D eigenvalue weighted by Gasteiger charge is 2.44. The van der Waals surface area contributed by atoms with Gasteiger partial charge in [0, 0.05) is 36.9 Å². The van der Waals surface area contributed by atoms with Crippen molar-refractivity contribution in [1.29, 1.82) is 0 Å². The third-order valence-electron chi connectivity index (χ3n) is 5.94. The van der Waals surface area contributed by atoms with Crippen LogP contribution in [0.15, 0.2) is 36.7 Å². The standard InChI is InChI=1S/C22H24F2N8/c1-13-6-9-26-19-14(13)4-5-16(27-19)15-7-11-32-18(15)20(25-2)29-21(30-32)28-17-8-10-31(3)12-22(17,23)24/h4-7,9,11,17H,8,10,12H2,1-3H3,(H2,25,28,29,30)/t17-/m0/s1. The lowest BCUT2D eigenvalue weighted by molar-refractivity contribution is -0.0675. The second-order valence-electron chi connectivity index (χ2n) is 8.24. The number of hydrogen-bond donors (Lipinski definition) is 2. The van der Waals surface area contributed by atoms with Crippen LogP contribution < -0.4 is 10.6 Å². The Hall–Kier alpha value is -3.40. The molecule has 0 radical (unpaired) electrons. The van der Waals surface area contributed by atoms with E-state index in [2.05, 4.69) is 25.7 Å². The van der Waals surface area contributed by atoms with E-state index in [1.807, 2.05) is 31.2 Å². The molecular formula is C22H24F2N8. The minimum atomic E-state index is -2.87. The van der Waals surface area contributed by atoms with E-state index in [1.165, 1.54) is 0 Å². The fourth-order valence-corrected chi connectivity index (χ4v) is 4.22. The smallest absolute Gasteiger partial charge is 0.280 e. The summed E-state index contributed by atoms with van der Waals surface area (Å²) in [6, 6.07) is 6.76. The van der Waals surface area contributed by atoms with Gasteiger partial charge in [0.05, 0.1) is 18.3 Å². The van der Waals surface area contributed by atoms with Gasteiger partial charge >= 0.3 is 0 Å². The van der Waals surface area contributed by atoms with Gasteiger partial charge in [0.1, 0.15) is 5.52 Å². The molecule has 1 aliphatic rings. The van der Waals surface area contributed by atoms with Crippen LogP contribution in [0.25, 0.3) is 27.8 Å². The fourth-order valence-electron chi connectivity index (χ4n) is 4.22. The molecule has 166 valence electrons. The van der Waals surface area contributed by atoms with Crippen LogP contribution in [0.3, 0.4) is 0 Å². The molecule has 0 unspecified atom stereocenters. The average molecular weight is 438 g/mol. The predicted octanol–water partition coefficient (Wildman–Crippen LogP) is 3.44. The highest BCUT2D eigenvalue weighted by molar-refractivity contribution is 5.90. The molecule has 4 aromatic rings. The van der Waals surface area contributed by atoms with E-state index in [1.54, 1.807) is 35.9 Å². The first-order valence-corrected chi connectivity index (χ1v) is 10.5. The number of nitrogens with one attached hydrogen (secondary N) is 2.